The molecule has 0 aliphatic rings. The van der Waals surface area contributed by atoms with Crippen LogP contribution in [0.3, 0.4) is 0 Å². The number of hydrogen-bond donors (Lipinski definition) is 2. The summed E-state index contributed by atoms with van der Waals surface area (Å²) in [6.45, 7) is 4.05. The molecule has 0 fully saturated rings. The molecule has 9 heteroatoms. The van der Waals surface area contributed by atoms with Crippen LogP contribution in [0, 0.1) is 0 Å². The van der Waals surface area contributed by atoms with Crippen LogP contribution in [-0.2, 0) is 20.9 Å². The maximum atomic E-state index is 12.2. The number of nitrogens with one attached hydrogen (secondary N) is 1. The van der Waals surface area contributed by atoms with Crippen molar-refractivity contribution in [2.75, 3.05) is 26.7 Å². The molecular weight excluding hydrogens is 354 g/mol. The third-order valence-corrected chi connectivity index (χ3v) is 4.39. The number of likely N-dealkylation sites (N-methyl/N-ethyl adjacent to an activating group) is 2. The van der Waals surface area contributed by atoms with Crippen molar-refractivity contribution < 1.29 is 19.5 Å². The summed E-state index contributed by atoms with van der Waals surface area (Å²) in [5.74, 6) is -1.49. The number of nitrogens with zero attached hydrogens (tertiary/aromatic N) is 2. The summed E-state index contributed by atoms with van der Waals surface area (Å²) in [6.07, 6.45) is 0. The van der Waals surface area contributed by atoms with Crippen LogP contribution in [0.15, 0.2) is 17.5 Å². The molecule has 0 aliphatic heterocycles. The monoisotopic (exact) mass is 377 g/mol. The largest absolute Gasteiger partial charge is 0.480 e. The molecule has 0 radical (unpaired) electrons. The minimum Gasteiger partial charge on any atom is -0.480 e. The van der Waals surface area contributed by atoms with Gasteiger partial charge in [0.2, 0.25) is 11.8 Å². The van der Waals surface area contributed by atoms with Crippen LogP contribution < -0.4 is 5.32 Å². The van der Waals surface area contributed by atoms with Gasteiger partial charge in [-0.1, -0.05) is 6.07 Å². The SMILES string of the molecule is CCN(CC(=O)NCc1cccs1)C(=O)CN(C)C(C)C(=O)O.Cl. The van der Waals surface area contributed by atoms with Gasteiger partial charge in [-0.2, -0.15) is 0 Å². The Kier molecular flexibility index (Phi) is 10.3. The van der Waals surface area contributed by atoms with Gasteiger partial charge in [0.15, 0.2) is 0 Å². The summed E-state index contributed by atoms with van der Waals surface area (Å²) in [5.41, 5.74) is 0. The molecule has 0 aromatic carbocycles. The molecule has 1 rings (SSSR count). The molecular formula is C15H24ClN3O4S. The molecule has 136 valence electrons. The molecule has 2 N–H and O–H groups in total. The van der Waals surface area contributed by atoms with Crippen LogP contribution in [0.1, 0.15) is 18.7 Å². The zero-order chi connectivity index (χ0) is 17.4. The Morgan fingerprint density at radius 2 is 2.00 bits per heavy atom. The van der Waals surface area contributed by atoms with Crippen LogP contribution in [0.25, 0.3) is 0 Å². The fourth-order valence-electron chi connectivity index (χ4n) is 1.84. The van der Waals surface area contributed by atoms with Gasteiger partial charge in [0.1, 0.15) is 6.04 Å². The van der Waals surface area contributed by atoms with Crippen LogP contribution in [0.4, 0.5) is 0 Å². The van der Waals surface area contributed by atoms with Gasteiger partial charge >= 0.3 is 5.97 Å². The summed E-state index contributed by atoms with van der Waals surface area (Å²) < 4.78 is 0. The van der Waals surface area contributed by atoms with E-state index in [1.54, 1.807) is 25.3 Å². The van der Waals surface area contributed by atoms with Gasteiger partial charge in [0, 0.05) is 11.4 Å². The van der Waals surface area contributed by atoms with Crippen molar-refractivity contribution in [3.63, 3.8) is 0 Å². The summed E-state index contributed by atoms with van der Waals surface area (Å²) in [5, 5.41) is 13.6. The minimum atomic E-state index is -0.989. The lowest BCUT2D eigenvalue weighted by molar-refractivity contribution is -0.144. The number of rotatable bonds is 9. The van der Waals surface area contributed by atoms with E-state index in [1.807, 2.05) is 17.5 Å². The van der Waals surface area contributed by atoms with E-state index >= 15 is 0 Å². The Balaban J connectivity index is 0.00000529. The Morgan fingerprint density at radius 3 is 2.50 bits per heavy atom. The zero-order valence-electron chi connectivity index (χ0n) is 14.0. The van der Waals surface area contributed by atoms with Gasteiger partial charge in [0.25, 0.3) is 0 Å². The van der Waals surface area contributed by atoms with Crippen LogP contribution in [-0.4, -0.2) is 65.4 Å². The third kappa shape index (κ3) is 7.29. The lowest BCUT2D eigenvalue weighted by atomic mass is 10.3. The van der Waals surface area contributed by atoms with Gasteiger partial charge in [-0.05, 0) is 32.3 Å². The molecule has 2 amide bonds. The average molecular weight is 378 g/mol. The highest BCUT2D eigenvalue weighted by atomic mass is 35.5. The van der Waals surface area contributed by atoms with Crippen molar-refractivity contribution in [2.24, 2.45) is 0 Å². The first-order valence-corrected chi connectivity index (χ1v) is 8.23. The molecule has 1 aromatic rings. The Hall–Kier alpha value is -1.64. The summed E-state index contributed by atoms with van der Waals surface area (Å²) in [6, 6.07) is 3.08. The number of thiophene rings is 1. The lowest BCUT2D eigenvalue weighted by Crippen LogP contribution is -2.47. The highest BCUT2D eigenvalue weighted by Crippen LogP contribution is 2.07. The molecule has 1 atom stereocenters. The Morgan fingerprint density at radius 1 is 1.33 bits per heavy atom. The Bertz CT molecular complexity index is 539. The van der Waals surface area contributed by atoms with Gasteiger partial charge < -0.3 is 15.3 Å². The number of halogens is 1. The fraction of sp³-hybridized carbons (Fsp3) is 0.533. The zero-order valence-corrected chi connectivity index (χ0v) is 15.7. The van der Waals surface area contributed by atoms with Gasteiger partial charge in [-0.25, -0.2) is 0 Å². The third-order valence-electron chi connectivity index (χ3n) is 3.51. The normalized spacial score (nSPS) is 11.5. The smallest absolute Gasteiger partial charge is 0.320 e. The van der Waals surface area contributed by atoms with E-state index in [0.29, 0.717) is 13.1 Å². The minimum absolute atomic E-state index is 0. The van der Waals surface area contributed by atoms with Crippen molar-refractivity contribution in [1.82, 2.24) is 15.1 Å². The van der Waals surface area contributed by atoms with Crippen LogP contribution >= 0.6 is 23.7 Å². The predicted octanol–water partition coefficient (Wildman–Crippen LogP) is 1.04. The second kappa shape index (κ2) is 11.0. The van der Waals surface area contributed by atoms with Crippen molar-refractivity contribution >= 4 is 41.5 Å². The van der Waals surface area contributed by atoms with E-state index in [9.17, 15) is 14.4 Å². The maximum Gasteiger partial charge on any atom is 0.320 e. The topological polar surface area (TPSA) is 90.0 Å². The number of carbonyl (C=O) groups is 3. The summed E-state index contributed by atoms with van der Waals surface area (Å²) >= 11 is 1.55. The van der Waals surface area contributed by atoms with Gasteiger partial charge in [-0.15, -0.1) is 23.7 Å². The van der Waals surface area contributed by atoms with Crippen molar-refractivity contribution in [1.29, 1.82) is 0 Å². The molecule has 0 spiro atoms. The Labute approximate surface area is 152 Å². The lowest BCUT2D eigenvalue weighted by Gasteiger charge is -2.25. The number of carbonyl (C=O) groups excluding carboxylic acids is 2. The van der Waals surface area contributed by atoms with Gasteiger partial charge in [-0.3, -0.25) is 19.3 Å². The van der Waals surface area contributed by atoms with Crippen LogP contribution in [0.5, 0.6) is 0 Å². The van der Waals surface area contributed by atoms with Crippen molar-refractivity contribution in [3.05, 3.63) is 22.4 Å². The number of hydrogen-bond acceptors (Lipinski definition) is 5. The van der Waals surface area contributed by atoms with E-state index in [4.69, 9.17) is 5.11 Å². The quantitative estimate of drug-likeness (QED) is 0.671. The van der Waals surface area contributed by atoms with Crippen molar-refractivity contribution in [2.45, 2.75) is 26.4 Å². The van der Waals surface area contributed by atoms with Crippen LogP contribution in [0.2, 0.25) is 0 Å². The number of aliphatic carboxylic acids is 1. The molecule has 0 saturated carbocycles. The summed E-state index contributed by atoms with van der Waals surface area (Å²) in [7, 11) is 1.57. The van der Waals surface area contributed by atoms with E-state index in [2.05, 4.69) is 5.32 Å². The highest BCUT2D eigenvalue weighted by molar-refractivity contribution is 7.09. The number of amides is 2. The molecule has 1 heterocycles. The molecule has 7 nitrogen and oxygen atoms in total. The summed E-state index contributed by atoms with van der Waals surface area (Å²) in [4.78, 5) is 38.9. The van der Waals surface area contributed by atoms with Crippen molar-refractivity contribution in [3.8, 4) is 0 Å². The first-order valence-electron chi connectivity index (χ1n) is 7.35. The highest BCUT2D eigenvalue weighted by Gasteiger charge is 2.22. The van der Waals surface area contributed by atoms with E-state index in [-0.39, 0.29) is 37.3 Å². The standard InChI is InChI=1S/C15H23N3O4S.ClH/c1-4-18(14(20)10-17(3)11(2)15(21)22)9-13(19)16-8-12-6-5-7-23-12;/h5-7,11H,4,8-10H2,1-3H3,(H,16,19)(H,21,22);1H. The van der Waals surface area contributed by atoms with E-state index < -0.39 is 12.0 Å². The average Bonchev–Trinajstić information content (AvgIpc) is 3.02. The molecule has 0 saturated heterocycles. The second-order valence-corrected chi connectivity index (χ2v) is 6.23. The first kappa shape index (κ1) is 22.4. The molecule has 0 bridgehead atoms. The number of carboxylic acids is 1. The fourth-order valence-corrected chi connectivity index (χ4v) is 2.49. The molecule has 1 aromatic heterocycles. The second-order valence-electron chi connectivity index (χ2n) is 5.19. The molecule has 1 unspecified atom stereocenters. The molecule has 0 aliphatic carbocycles. The van der Waals surface area contributed by atoms with Gasteiger partial charge in [0.05, 0.1) is 19.6 Å². The maximum absolute atomic E-state index is 12.2. The predicted molar refractivity (Wildman–Crippen MR) is 95.4 cm³/mol. The number of carboxylic acid groups (broad SMARTS) is 1. The van der Waals surface area contributed by atoms with E-state index in [1.165, 1.54) is 16.7 Å². The van der Waals surface area contributed by atoms with E-state index in [0.717, 1.165) is 4.88 Å². The molecule has 24 heavy (non-hydrogen) atoms. The first-order chi connectivity index (χ1) is 10.8.